The van der Waals surface area contributed by atoms with E-state index in [0.717, 1.165) is 32.3 Å². The summed E-state index contributed by atoms with van der Waals surface area (Å²) in [6.07, 6.45) is 3.78. The number of carbonyl (C=O) groups excluding carboxylic acids is 2. The van der Waals surface area contributed by atoms with E-state index in [2.05, 4.69) is 33.2 Å². The van der Waals surface area contributed by atoms with Crippen LogP contribution in [0.25, 0.3) is 0 Å². The average molecular weight is 442 g/mol. The number of hydrogen-bond donors (Lipinski definition) is 2. The summed E-state index contributed by atoms with van der Waals surface area (Å²) in [6.45, 7) is 8.52. The molecule has 0 heterocycles. The number of nitrogens with one attached hydrogen (secondary N) is 2. The van der Waals surface area contributed by atoms with Crippen molar-refractivity contribution >= 4 is 34.4 Å². The number of alkyl halides is 1. The van der Waals surface area contributed by atoms with Gasteiger partial charge in [0, 0.05) is 32.2 Å². The number of hydrogen-bond acceptors (Lipinski definition) is 4. The van der Waals surface area contributed by atoms with Crippen LogP contribution in [0.3, 0.4) is 0 Å². The zero-order valence-corrected chi connectivity index (χ0v) is 16.7. The van der Waals surface area contributed by atoms with E-state index in [1.807, 2.05) is 20.8 Å². The Balaban J connectivity index is 3.22. The van der Waals surface area contributed by atoms with Crippen molar-refractivity contribution in [2.45, 2.75) is 50.6 Å². The maximum Gasteiger partial charge on any atom is 0.246 e. The smallest absolute Gasteiger partial charge is 0.246 e. The van der Waals surface area contributed by atoms with E-state index in [-0.39, 0.29) is 28.4 Å². The summed E-state index contributed by atoms with van der Waals surface area (Å²) >= 11 is 2.12. The van der Waals surface area contributed by atoms with Crippen LogP contribution in [0.1, 0.15) is 46.5 Å². The Morgan fingerprint density at radius 3 is 2.26 bits per heavy atom. The second-order valence-electron chi connectivity index (χ2n) is 5.68. The number of amides is 2. The van der Waals surface area contributed by atoms with Crippen LogP contribution in [0.15, 0.2) is 0 Å². The molecule has 136 valence electrons. The SMILES string of the molecule is CC(I)OCC(=O)NCCCCCOCCCNC(=O)C(C)C. The molecule has 0 spiro atoms. The zero-order chi connectivity index (χ0) is 17.5. The average Bonchev–Trinajstić information content (AvgIpc) is 2.50. The van der Waals surface area contributed by atoms with Gasteiger partial charge in [0.2, 0.25) is 11.8 Å². The molecule has 0 radical (unpaired) electrons. The molecule has 23 heavy (non-hydrogen) atoms. The van der Waals surface area contributed by atoms with E-state index >= 15 is 0 Å². The third kappa shape index (κ3) is 16.2. The minimum absolute atomic E-state index is 0.0351. The minimum atomic E-state index is -0.0618. The van der Waals surface area contributed by atoms with Gasteiger partial charge in [0.05, 0.1) is 0 Å². The molecule has 0 bridgehead atoms. The lowest BCUT2D eigenvalue weighted by Crippen LogP contribution is -2.29. The maximum absolute atomic E-state index is 11.4. The summed E-state index contributed by atoms with van der Waals surface area (Å²) in [5.74, 6) is 0.0616. The van der Waals surface area contributed by atoms with Gasteiger partial charge in [-0.15, -0.1) is 0 Å². The Kier molecular flexibility index (Phi) is 14.9. The fraction of sp³-hybridized carbons (Fsp3) is 0.875. The molecule has 0 saturated heterocycles. The van der Waals surface area contributed by atoms with Gasteiger partial charge < -0.3 is 20.1 Å². The van der Waals surface area contributed by atoms with Crippen LogP contribution in [0.2, 0.25) is 0 Å². The van der Waals surface area contributed by atoms with Crippen molar-refractivity contribution in [2.75, 3.05) is 32.9 Å². The van der Waals surface area contributed by atoms with E-state index in [4.69, 9.17) is 9.47 Å². The van der Waals surface area contributed by atoms with Gasteiger partial charge in [-0.3, -0.25) is 9.59 Å². The molecule has 0 rings (SSSR count). The summed E-state index contributed by atoms with van der Waals surface area (Å²) in [6, 6.07) is 0. The van der Waals surface area contributed by atoms with E-state index in [9.17, 15) is 9.59 Å². The van der Waals surface area contributed by atoms with E-state index in [1.165, 1.54) is 0 Å². The molecule has 0 aromatic rings. The number of unbranched alkanes of at least 4 members (excludes halogenated alkanes) is 2. The summed E-state index contributed by atoms with van der Waals surface area (Å²) in [5.41, 5.74) is 0. The maximum atomic E-state index is 11.4. The lowest BCUT2D eigenvalue weighted by molar-refractivity contribution is -0.126. The molecule has 0 fully saturated rings. The summed E-state index contributed by atoms with van der Waals surface area (Å²) < 4.78 is 10.8. The molecule has 7 heteroatoms. The molecule has 6 nitrogen and oxygen atoms in total. The molecule has 2 amide bonds. The highest BCUT2D eigenvalue weighted by Crippen LogP contribution is 1.99. The molecule has 0 aromatic carbocycles. The quantitative estimate of drug-likeness (QED) is 0.246. The third-order valence-electron chi connectivity index (χ3n) is 3.02. The van der Waals surface area contributed by atoms with Gasteiger partial charge in [-0.1, -0.05) is 36.4 Å². The van der Waals surface area contributed by atoms with Gasteiger partial charge in [-0.05, 0) is 32.6 Å². The first kappa shape index (κ1) is 22.6. The lowest BCUT2D eigenvalue weighted by atomic mass is 10.2. The lowest BCUT2D eigenvalue weighted by Gasteiger charge is -2.08. The van der Waals surface area contributed by atoms with E-state index in [1.54, 1.807) is 0 Å². The van der Waals surface area contributed by atoms with Crippen molar-refractivity contribution in [3.8, 4) is 0 Å². The Bertz CT molecular complexity index is 325. The summed E-state index contributed by atoms with van der Waals surface area (Å²) in [7, 11) is 0. The molecule has 1 unspecified atom stereocenters. The molecule has 1 atom stereocenters. The van der Waals surface area contributed by atoms with Gasteiger partial charge in [-0.2, -0.15) is 0 Å². The Hall–Kier alpha value is -0.410. The van der Waals surface area contributed by atoms with Crippen LogP contribution >= 0.6 is 22.6 Å². The van der Waals surface area contributed by atoms with Crippen molar-refractivity contribution in [2.24, 2.45) is 5.92 Å². The second-order valence-corrected chi connectivity index (χ2v) is 7.43. The molecule has 0 aliphatic rings. The van der Waals surface area contributed by atoms with E-state index < -0.39 is 0 Å². The first-order chi connectivity index (χ1) is 10.9. The standard InChI is InChI=1S/C16H31IN2O4/c1-13(2)16(21)19-9-7-11-22-10-6-4-5-8-18-15(20)12-23-14(3)17/h13-14H,4-12H2,1-3H3,(H,18,20)(H,19,21). The van der Waals surface area contributed by atoms with Crippen LogP contribution in [0.5, 0.6) is 0 Å². The van der Waals surface area contributed by atoms with Crippen LogP contribution in [-0.4, -0.2) is 48.8 Å². The fourth-order valence-corrected chi connectivity index (χ4v) is 1.85. The molecular formula is C16H31IN2O4. The molecule has 0 aromatic heterocycles. The first-order valence-corrected chi connectivity index (χ1v) is 9.56. The number of carbonyl (C=O) groups is 2. The highest BCUT2D eigenvalue weighted by molar-refractivity contribution is 14.1. The number of rotatable bonds is 14. The Morgan fingerprint density at radius 1 is 0.957 bits per heavy atom. The number of halogens is 1. The van der Waals surface area contributed by atoms with Crippen molar-refractivity contribution in [3.05, 3.63) is 0 Å². The van der Waals surface area contributed by atoms with Crippen LogP contribution < -0.4 is 10.6 Å². The van der Waals surface area contributed by atoms with Crippen molar-refractivity contribution in [1.29, 1.82) is 0 Å². The first-order valence-electron chi connectivity index (χ1n) is 8.31. The molecule has 0 aliphatic heterocycles. The van der Waals surface area contributed by atoms with Gasteiger partial charge >= 0.3 is 0 Å². The Morgan fingerprint density at radius 2 is 1.61 bits per heavy atom. The number of ether oxygens (including phenoxy) is 2. The van der Waals surface area contributed by atoms with Crippen molar-refractivity contribution in [3.63, 3.8) is 0 Å². The molecule has 0 saturated carbocycles. The molecular weight excluding hydrogens is 411 g/mol. The van der Waals surface area contributed by atoms with Gasteiger partial charge in [0.25, 0.3) is 0 Å². The summed E-state index contributed by atoms with van der Waals surface area (Å²) in [5, 5.41) is 5.69. The minimum Gasteiger partial charge on any atom is -0.381 e. The van der Waals surface area contributed by atoms with Gasteiger partial charge in [-0.25, -0.2) is 0 Å². The topological polar surface area (TPSA) is 76.7 Å². The second kappa shape index (κ2) is 15.1. The van der Waals surface area contributed by atoms with Crippen LogP contribution in [0.4, 0.5) is 0 Å². The predicted octanol–water partition coefficient (Wildman–Crippen LogP) is 2.25. The van der Waals surface area contributed by atoms with Crippen LogP contribution in [0, 0.1) is 5.92 Å². The van der Waals surface area contributed by atoms with Gasteiger partial charge in [0.1, 0.15) is 10.7 Å². The van der Waals surface area contributed by atoms with Crippen molar-refractivity contribution in [1.82, 2.24) is 10.6 Å². The Labute approximate surface area is 153 Å². The normalized spacial score (nSPS) is 12.2. The highest BCUT2D eigenvalue weighted by Gasteiger charge is 2.04. The van der Waals surface area contributed by atoms with Crippen LogP contribution in [-0.2, 0) is 19.1 Å². The highest BCUT2D eigenvalue weighted by atomic mass is 127. The largest absolute Gasteiger partial charge is 0.381 e. The monoisotopic (exact) mass is 442 g/mol. The third-order valence-corrected chi connectivity index (χ3v) is 3.38. The molecule has 2 N–H and O–H groups in total. The van der Waals surface area contributed by atoms with Gasteiger partial charge in [0.15, 0.2) is 0 Å². The summed E-state index contributed by atoms with van der Waals surface area (Å²) in [4.78, 5) is 22.7. The fourth-order valence-electron chi connectivity index (χ4n) is 1.67. The zero-order valence-electron chi connectivity index (χ0n) is 14.5. The van der Waals surface area contributed by atoms with E-state index in [0.29, 0.717) is 19.7 Å². The van der Waals surface area contributed by atoms with Crippen molar-refractivity contribution < 1.29 is 19.1 Å². The molecule has 0 aliphatic carbocycles. The predicted molar refractivity (Wildman–Crippen MR) is 99.6 cm³/mol.